The van der Waals surface area contributed by atoms with Gasteiger partial charge in [-0.05, 0) is 51.5 Å². The molecule has 0 bridgehead atoms. The average Bonchev–Trinajstić information content (AvgIpc) is 2.92. The zero-order valence-electron chi connectivity index (χ0n) is 11.8. The SMILES string of the molecule is Cc1nn(C)c(C)c1CC(N)CCC1CCCO1. The summed E-state index contributed by atoms with van der Waals surface area (Å²) < 4.78 is 7.58. The minimum absolute atomic E-state index is 0.218. The molecular weight excluding hydrogens is 226 g/mol. The molecule has 4 heteroatoms. The van der Waals surface area contributed by atoms with Crippen LogP contribution in [0.4, 0.5) is 0 Å². The molecule has 18 heavy (non-hydrogen) atoms. The summed E-state index contributed by atoms with van der Waals surface area (Å²) in [7, 11) is 1.99. The molecule has 0 aliphatic carbocycles. The van der Waals surface area contributed by atoms with Gasteiger partial charge in [-0.1, -0.05) is 0 Å². The second-order valence-corrected chi connectivity index (χ2v) is 5.45. The number of aromatic nitrogens is 2. The summed E-state index contributed by atoms with van der Waals surface area (Å²) in [5.74, 6) is 0. The Bertz CT molecular complexity index is 394. The Labute approximate surface area is 110 Å². The van der Waals surface area contributed by atoms with Crippen molar-refractivity contribution in [3.63, 3.8) is 0 Å². The van der Waals surface area contributed by atoms with E-state index in [4.69, 9.17) is 10.5 Å². The van der Waals surface area contributed by atoms with Crippen molar-refractivity contribution >= 4 is 0 Å². The number of hydrogen-bond donors (Lipinski definition) is 1. The molecule has 0 amide bonds. The largest absolute Gasteiger partial charge is 0.378 e. The predicted octanol–water partition coefficient (Wildman–Crippen LogP) is 1.87. The lowest BCUT2D eigenvalue weighted by Crippen LogP contribution is -2.25. The zero-order valence-corrected chi connectivity index (χ0v) is 11.8. The summed E-state index contributed by atoms with van der Waals surface area (Å²) in [5.41, 5.74) is 9.90. The molecule has 0 saturated carbocycles. The summed E-state index contributed by atoms with van der Waals surface area (Å²) in [6, 6.07) is 0.218. The predicted molar refractivity (Wildman–Crippen MR) is 72.6 cm³/mol. The Morgan fingerprint density at radius 2 is 2.28 bits per heavy atom. The highest BCUT2D eigenvalue weighted by atomic mass is 16.5. The maximum absolute atomic E-state index is 6.24. The van der Waals surface area contributed by atoms with Crippen molar-refractivity contribution in [1.29, 1.82) is 0 Å². The number of ether oxygens (including phenoxy) is 1. The van der Waals surface area contributed by atoms with E-state index in [1.807, 2.05) is 11.7 Å². The molecule has 2 rings (SSSR count). The van der Waals surface area contributed by atoms with Gasteiger partial charge in [0.25, 0.3) is 0 Å². The molecule has 0 radical (unpaired) electrons. The van der Waals surface area contributed by atoms with E-state index < -0.39 is 0 Å². The van der Waals surface area contributed by atoms with Gasteiger partial charge in [0.2, 0.25) is 0 Å². The van der Waals surface area contributed by atoms with Crippen LogP contribution in [-0.2, 0) is 18.2 Å². The fourth-order valence-corrected chi connectivity index (χ4v) is 2.75. The Balaban J connectivity index is 1.84. The summed E-state index contributed by atoms with van der Waals surface area (Å²) in [5, 5.41) is 4.44. The van der Waals surface area contributed by atoms with Crippen LogP contribution in [-0.4, -0.2) is 28.5 Å². The van der Waals surface area contributed by atoms with Gasteiger partial charge in [-0.25, -0.2) is 0 Å². The molecule has 1 saturated heterocycles. The lowest BCUT2D eigenvalue weighted by Gasteiger charge is -2.15. The van der Waals surface area contributed by atoms with Crippen molar-refractivity contribution in [1.82, 2.24) is 9.78 Å². The van der Waals surface area contributed by atoms with Crippen LogP contribution in [0.25, 0.3) is 0 Å². The van der Waals surface area contributed by atoms with Crippen LogP contribution in [0.5, 0.6) is 0 Å². The molecule has 1 aromatic rings. The third-order valence-corrected chi connectivity index (χ3v) is 4.01. The van der Waals surface area contributed by atoms with Crippen LogP contribution in [0.15, 0.2) is 0 Å². The first-order valence-electron chi connectivity index (χ1n) is 6.94. The van der Waals surface area contributed by atoms with Gasteiger partial charge in [0.15, 0.2) is 0 Å². The van der Waals surface area contributed by atoms with E-state index in [-0.39, 0.29) is 6.04 Å². The van der Waals surface area contributed by atoms with Crippen LogP contribution in [0.3, 0.4) is 0 Å². The Kier molecular flexibility index (Phi) is 4.40. The highest BCUT2D eigenvalue weighted by Gasteiger charge is 2.18. The van der Waals surface area contributed by atoms with E-state index in [0.717, 1.165) is 31.6 Å². The Morgan fingerprint density at radius 3 is 2.83 bits per heavy atom. The van der Waals surface area contributed by atoms with Gasteiger partial charge in [-0.2, -0.15) is 5.10 Å². The molecule has 1 aliphatic rings. The van der Waals surface area contributed by atoms with Gasteiger partial charge in [0.05, 0.1) is 11.8 Å². The van der Waals surface area contributed by atoms with Crippen LogP contribution in [0.1, 0.15) is 42.6 Å². The summed E-state index contributed by atoms with van der Waals surface area (Å²) in [6.45, 7) is 5.11. The topological polar surface area (TPSA) is 53.1 Å². The van der Waals surface area contributed by atoms with Crippen molar-refractivity contribution in [3.05, 3.63) is 17.0 Å². The van der Waals surface area contributed by atoms with Crippen molar-refractivity contribution < 1.29 is 4.74 Å². The standard InChI is InChI=1S/C14H25N3O/c1-10-14(11(2)17(3)16-10)9-12(15)6-7-13-5-4-8-18-13/h12-13H,4-9,15H2,1-3H3. The van der Waals surface area contributed by atoms with Gasteiger partial charge in [0, 0.05) is 25.4 Å². The highest BCUT2D eigenvalue weighted by molar-refractivity contribution is 5.25. The van der Waals surface area contributed by atoms with Crippen molar-refractivity contribution in [2.45, 2.75) is 58.1 Å². The van der Waals surface area contributed by atoms with Crippen molar-refractivity contribution in [2.75, 3.05) is 6.61 Å². The van der Waals surface area contributed by atoms with Crippen LogP contribution in [0, 0.1) is 13.8 Å². The zero-order chi connectivity index (χ0) is 13.1. The number of aryl methyl sites for hydroxylation is 2. The molecule has 102 valence electrons. The lowest BCUT2D eigenvalue weighted by molar-refractivity contribution is 0.101. The Morgan fingerprint density at radius 1 is 1.50 bits per heavy atom. The lowest BCUT2D eigenvalue weighted by atomic mass is 9.99. The smallest absolute Gasteiger partial charge is 0.0628 e. The molecule has 2 atom stereocenters. The molecule has 1 aromatic heterocycles. The average molecular weight is 251 g/mol. The first-order chi connectivity index (χ1) is 8.58. The molecule has 2 N–H and O–H groups in total. The van der Waals surface area contributed by atoms with Crippen molar-refractivity contribution in [3.8, 4) is 0 Å². The molecule has 1 aliphatic heterocycles. The van der Waals surface area contributed by atoms with E-state index in [1.165, 1.54) is 24.1 Å². The van der Waals surface area contributed by atoms with E-state index in [1.54, 1.807) is 0 Å². The van der Waals surface area contributed by atoms with E-state index in [9.17, 15) is 0 Å². The maximum Gasteiger partial charge on any atom is 0.0628 e. The molecule has 0 spiro atoms. The van der Waals surface area contributed by atoms with Gasteiger partial charge in [0.1, 0.15) is 0 Å². The number of hydrogen-bond acceptors (Lipinski definition) is 3. The fourth-order valence-electron chi connectivity index (χ4n) is 2.75. The molecule has 2 unspecified atom stereocenters. The number of rotatable bonds is 5. The summed E-state index contributed by atoms with van der Waals surface area (Å²) in [4.78, 5) is 0. The van der Waals surface area contributed by atoms with Gasteiger partial charge < -0.3 is 10.5 Å². The van der Waals surface area contributed by atoms with Gasteiger partial charge in [-0.15, -0.1) is 0 Å². The Hall–Kier alpha value is -0.870. The first kappa shape index (κ1) is 13.6. The van der Waals surface area contributed by atoms with Crippen LogP contribution >= 0.6 is 0 Å². The second-order valence-electron chi connectivity index (χ2n) is 5.45. The third kappa shape index (κ3) is 3.12. The van der Waals surface area contributed by atoms with E-state index >= 15 is 0 Å². The number of nitrogens with zero attached hydrogens (tertiary/aromatic N) is 2. The van der Waals surface area contributed by atoms with Gasteiger partial charge in [-0.3, -0.25) is 4.68 Å². The second kappa shape index (κ2) is 5.85. The molecular formula is C14H25N3O. The van der Waals surface area contributed by atoms with Crippen LogP contribution in [0.2, 0.25) is 0 Å². The van der Waals surface area contributed by atoms with E-state index in [2.05, 4.69) is 18.9 Å². The summed E-state index contributed by atoms with van der Waals surface area (Å²) >= 11 is 0. The molecule has 1 fully saturated rings. The maximum atomic E-state index is 6.24. The normalized spacial score (nSPS) is 21.4. The molecule has 2 heterocycles. The van der Waals surface area contributed by atoms with Crippen molar-refractivity contribution in [2.24, 2.45) is 12.8 Å². The van der Waals surface area contributed by atoms with Gasteiger partial charge >= 0.3 is 0 Å². The minimum Gasteiger partial charge on any atom is -0.378 e. The first-order valence-corrected chi connectivity index (χ1v) is 6.94. The minimum atomic E-state index is 0.218. The monoisotopic (exact) mass is 251 g/mol. The molecule has 0 aromatic carbocycles. The third-order valence-electron chi connectivity index (χ3n) is 4.01. The summed E-state index contributed by atoms with van der Waals surface area (Å²) in [6.07, 6.45) is 5.93. The van der Waals surface area contributed by atoms with Crippen LogP contribution < -0.4 is 5.73 Å². The van der Waals surface area contributed by atoms with E-state index in [0.29, 0.717) is 6.10 Å². The quantitative estimate of drug-likeness (QED) is 0.869. The fraction of sp³-hybridized carbons (Fsp3) is 0.786. The number of nitrogens with two attached hydrogens (primary N) is 1. The molecule has 4 nitrogen and oxygen atoms in total. The highest BCUT2D eigenvalue weighted by Crippen LogP contribution is 2.20.